The van der Waals surface area contributed by atoms with Crippen LogP contribution in [0.4, 0.5) is 14.9 Å². The second-order valence-corrected chi connectivity index (χ2v) is 12.1. The Morgan fingerprint density at radius 2 is 1.89 bits per heavy atom. The molecule has 3 heterocycles. The molecule has 2 aromatic carbocycles. The zero-order valence-corrected chi connectivity index (χ0v) is 26.0. The number of thiazole rings is 1. The molecule has 0 aliphatic rings. The summed E-state index contributed by atoms with van der Waals surface area (Å²) in [6.07, 6.45) is 1.51. The molecule has 0 fully saturated rings. The molecule has 0 saturated carbocycles. The van der Waals surface area contributed by atoms with E-state index in [2.05, 4.69) is 25.3 Å². The lowest BCUT2D eigenvalue weighted by Crippen LogP contribution is -2.41. The number of nitrogens with one attached hydrogen (secondary N) is 1. The second kappa shape index (κ2) is 12.6. The first-order chi connectivity index (χ1) is 21.3. The minimum absolute atomic E-state index is 0.0171. The Morgan fingerprint density at radius 3 is 2.56 bits per heavy atom. The summed E-state index contributed by atoms with van der Waals surface area (Å²) in [7, 11) is 1.52. The summed E-state index contributed by atoms with van der Waals surface area (Å²) in [4.78, 5) is 43.2. The molecule has 0 aliphatic heterocycles. The lowest BCUT2D eigenvalue weighted by Gasteiger charge is -2.26. The molecule has 5 rings (SSSR count). The number of fused-ring (bicyclic) bond motifs is 2. The molecule has 2 amide bonds. The molecular weight excluding hydrogens is 603 g/mol. The molecule has 14 heteroatoms. The second-order valence-electron chi connectivity index (χ2n) is 11.1. The van der Waals surface area contributed by atoms with E-state index in [1.807, 2.05) is 19.1 Å². The van der Waals surface area contributed by atoms with Gasteiger partial charge in [-0.25, -0.2) is 29.1 Å². The number of rotatable bonds is 10. The van der Waals surface area contributed by atoms with Crippen molar-refractivity contribution in [2.75, 3.05) is 25.2 Å². The number of pyridine rings is 1. The number of carbonyl (C=O) groups is 2. The van der Waals surface area contributed by atoms with Gasteiger partial charge in [0.05, 0.1) is 58.1 Å². The minimum atomic E-state index is -1.28. The standard InChI is InChI=1S/C31H31FN6O6S/c1-16-8-19(27-23(9-16)36-26(43-5)13-34-27)29-37-22-10-20(32)24(11-25(22)45-29)44-14-17(2)38(30(40)41)18-6-7-21(33-12-18)28(39)35-15-31(3,4)42/h6-13,17,42H,14-15H2,1-5H3,(H,35,39)(H,40,41). The van der Waals surface area contributed by atoms with E-state index in [-0.39, 0.29) is 30.3 Å². The Morgan fingerprint density at radius 1 is 1.11 bits per heavy atom. The van der Waals surface area contributed by atoms with E-state index in [1.165, 1.54) is 49.0 Å². The third-order valence-corrected chi connectivity index (χ3v) is 7.77. The predicted octanol–water partition coefficient (Wildman–Crippen LogP) is 5.21. The smallest absolute Gasteiger partial charge is 0.412 e. The van der Waals surface area contributed by atoms with Gasteiger partial charge in [0, 0.05) is 24.2 Å². The zero-order chi connectivity index (χ0) is 32.5. The van der Waals surface area contributed by atoms with Crippen LogP contribution in [0.2, 0.25) is 0 Å². The van der Waals surface area contributed by atoms with Gasteiger partial charge in [0.25, 0.3) is 5.91 Å². The number of nitrogens with zero attached hydrogens (tertiary/aromatic N) is 5. The van der Waals surface area contributed by atoms with Crippen LogP contribution in [-0.4, -0.2) is 74.1 Å². The minimum Gasteiger partial charge on any atom is -0.488 e. The van der Waals surface area contributed by atoms with Crippen molar-refractivity contribution < 1.29 is 33.7 Å². The Labute approximate surface area is 261 Å². The monoisotopic (exact) mass is 634 g/mol. The van der Waals surface area contributed by atoms with Gasteiger partial charge in [-0.3, -0.25) is 9.69 Å². The maximum Gasteiger partial charge on any atom is 0.412 e. The molecule has 234 valence electrons. The molecule has 1 atom stereocenters. The van der Waals surface area contributed by atoms with Crippen LogP contribution in [0.3, 0.4) is 0 Å². The van der Waals surface area contributed by atoms with E-state index in [4.69, 9.17) is 9.47 Å². The third kappa shape index (κ3) is 7.07. The number of aromatic nitrogens is 4. The average molecular weight is 635 g/mol. The highest BCUT2D eigenvalue weighted by Crippen LogP contribution is 2.37. The van der Waals surface area contributed by atoms with Crippen LogP contribution in [-0.2, 0) is 0 Å². The summed E-state index contributed by atoms with van der Waals surface area (Å²) in [6.45, 7) is 6.50. The highest BCUT2D eigenvalue weighted by molar-refractivity contribution is 7.21. The van der Waals surface area contributed by atoms with Crippen LogP contribution in [0.25, 0.3) is 31.8 Å². The molecule has 3 N–H and O–H groups in total. The largest absolute Gasteiger partial charge is 0.488 e. The molecule has 3 aromatic heterocycles. The van der Waals surface area contributed by atoms with Gasteiger partial charge in [0.1, 0.15) is 17.3 Å². The maximum absolute atomic E-state index is 15.1. The van der Waals surface area contributed by atoms with Crippen LogP contribution in [0.1, 0.15) is 36.8 Å². The lowest BCUT2D eigenvalue weighted by molar-refractivity contribution is 0.0692. The number of halogens is 1. The van der Waals surface area contributed by atoms with Crippen molar-refractivity contribution in [1.82, 2.24) is 25.3 Å². The number of aryl methyl sites for hydroxylation is 1. The Kier molecular flexibility index (Phi) is 8.80. The van der Waals surface area contributed by atoms with Crippen molar-refractivity contribution in [3.8, 4) is 22.2 Å². The summed E-state index contributed by atoms with van der Waals surface area (Å²) >= 11 is 1.34. The van der Waals surface area contributed by atoms with Crippen LogP contribution in [0, 0.1) is 12.7 Å². The molecule has 0 saturated heterocycles. The van der Waals surface area contributed by atoms with Crippen LogP contribution in [0.5, 0.6) is 11.6 Å². The van der Waals surface area contributed by atoms with Gasteiger partial charge in [0.2, 0.25) is 5.88 Å². The molecule has 5 aromatic rings. The summed E-state index contributed by atoms with van der Waals surface area (Å²) in [5.74, 6) is -0.814. The van der Waals surface area contributed by atoms with Gasteiger partial charge in [-0.15, -0.1) is 11.3 Å². The van der Waals surface area contributed by atoms with E-state index >= 15 is 4.39 Å². The van der Waals surface area contributed by atoms with Crippen LogP contribution in [0.15, 0.2) is 48.8 Å². The number of carbonyl (C=O) groups excluding carboxylic acids is 1. The van der Waals surface area contributed by atoms with Crippen molar-refractivity contribution in [2.45, 2.75) is 39.3 Å². The maximum atomic E-state index is 15.1. The normalized spacial score (nSPS) is 12.2. The molecule has 45 heavy (non-hydrogen) atoms. The number of anilines is 1. The van der Waals surface area contributed by atoms with Gasteiger partial charge >= 0.3 is 6.09 Å². The first-order valence-corrected chi connectivity index (χ1v) is 14.7. The average Bonchev–Trinajstić information content (AvgIpc) is 3.40. The SMILES string of the molecule is COc1cnc2c(-c3nc4cc(F)c(OCC(C)N(C(=O)O)c5ccc(C(=O)NCC(C)(C)O)nc5)cc4s3)cc(C)cc2n1. The molecule has 0 bridgehead atoms. The number of hydrogen-bond donors (Lipinski definition) is 3. The van der Waals surface area contributed by atoms with Gasteiger partial charge in [-0.2, -0.15) is 0 Å². The molecule has 0 radical (unpaired) electrons. The highest BCUT2D eigenvalue weighted by Gasteiger charge is 2.24. The third-order valence-electron chi connectivity index (χ3n) is 6.72. The van der Waals surface area contributed by atoms with E-state index < -0.39 is 29.5 Å². The zero-order valence-electron chi connectivity index (χ0n) is 25.2. The summed E-state index contributed by atoms with van der Waals surface area (Å²) < 4.78 is 26.8. The van der Waals surface area contributed by atoms with Gasteiger partial charge < -0.3 is 25.0 Å². The van der Waals surface area contributed by atoms with Gasteiger partial charge in [-0.05, 0) is 57.5 Å². The summed E-state index contributed by atoms with van der Waals surface area (Å²) in [6, 6.07) is 8.74. The molecular formula is C31H31FN6O6S. The number of ether oxygens (including phenoxy) is 2. The number of carboxylic acid groups (broad SMARTS) is 1. The van der Waals surface area contributed by atoms with Crippen molar-refractivity contribution in [2.24, 2.45) is 0 Å². The summed E-state index contributed by atoms with van der Waals surface area (Å²) in [5.41, 5.74) is 2.58. The topological polar surface area (TPSA) is 160 Å². The van der Waals surface area contributed by atoms with Gasteiger partial charge in [0.15, 0.2) is 11.6 Å². The van der Waals surface area contributed by atoms with E-state index in [0.29, 0.717) is 32.1 Å². The molecule has 12 nitrogen and oxygen atoms in total. The number of methoxy groups -OCH3 is 1. The number of benzene rings is 2. The quantitative estimate of drug-likeness (QED) is 0.186. The number of aliphatic hydroxyl groups is 1. The van der Waals surface area contributed by atoms with Crippen molar-refractivity contribution in [1.29, 1.82) is 0 Å². The summed E-state index contributed by atoms with van der Waals surface area (Å²) in [5, 5.41) is 22.9. The number of amides is 2. The lowest BCUT2D eigenvalue weighted by atomic mass is 10.1. The van der Waals surface area contributed by atoms with E-state index in [1.54, 1.807) is 26.8 Å². The van der Waals surface area contributed by atoms with Crippen molar-refractivity contribution in [3.05, 3.63) is 65.9 Å². The Bertz CT molecular complexity index is 1890. The fourth-order valence-corrected chi connectivity index (χ4v) is 5.55. The highest BCUT2D eigenvalue weighted by atomic mass is 32.1. The first-order valence-electron chi connectivity index (χ1n) is 13.9. The van der Waals surface area contributed by atoms with E-state index in [0.717, 1.165) is 16.0 Å². The number of hydrogen-bond acceptors (Lipinski definition) is 10. The first kappa shape index (κ1) is 31.5. The van der Waals surface area contributed by atoms with Gasteiger partial charge in [-0.1, -0.05) is 0 Å². The molecule has 0 aliphatic carbocycles. The molecule has 1 unspecified atom stereocenters. The van der Waals surface area contributed by atoms with Crippen LogP contribution >= 0.6 is 11.3 Å². The van der Waals surface area contributed by atoms with Crippen LogP contribution < -0.4 is 19.7 Å². The van der Waals surface area contributed by atoms with Crippen molar-refractivity contribution >= 4 is 50.3 Å². The predicted molar refractivity (Wildman–Crippen MR) is 168 cm³/mol. The fraction of sp³-hybridized carbons (Fsp3) is 0.290. The Balaban J connectivity index is 1.33. The van der Waals surface area contributed by atoms with E-state index in [9.17, 15) is 19.8 Å². The fourth-order valence-electron chi connectivity index (χ4n) is 4.55. The molecule has 0 spiro atoms. The van der Waals surface area contributed by atoms with Crippen molar-refractivity contribution in [3.63, 3.8) is 0 Å². The Hall–Kier alpha value is -4.95.